The average Bonchev–Trinajstić information content (AvgIpc) is 2.46. The summed E-state index contributed by atoms with van der Waals surface area (Å²) < 4.78 is 10.8. The highest BCUT2D eigenvalue weighted by Gasteiger charge is 2.24. The highest BCUT2D eigenvalue weighted by atomic mass is 16.5. The molecule has 0 saturated carbocycles. The molecule has 106 valence electrons. The van der Waals surface area contributed by atoms with Crippen molar-refractivity contribution in [3.8, 4) is 17.2 Å². The van der Waals surface area contributed by atoms with Crippen molar-refractivity contribution in [2.75, 3.05) is 40.4 Å². The number of hydrogen-bond acceptors (Lipinski definition) is 5. The normalized spacial score (nSPS) is 18.1. The molecule has 0 amide bonds. The second kappa shape index (κ2) is 6.12. The van der Waals surface area contributed by atoms with Crippen LogP contribution in [0.3, 0.4) is 0 Å². The molecule has 0 spiro atoms. The van der Waals surface area contributed by atoms with E-state index in [1.54, 1.807) is 26.4 Å². The molecule has 2 N–H and O–H groups in total. The molecule has 1 aromatic rings. The summed E-state index contributed by atoms with van der Waals surface area (Å²) in [4.78, 5) is 2.38. The molecule has 1 saturated heterocycles. The number of methoxy groups -OCH3 is 2. The zero-order valence-corrected chi connectivity index (χ0v) is 11.8. The van der Waals surface area contributed by atoms with Crippen molar-refractivity contribution in [2.45, 2.75) is 13.0 Å². The Kier molecular flexibility index (Phi) is 4.50. The standard InChI is InChI=1S/C14H22N2O3/c1-10(16-6-4-15-5-7-16)14-12(18-2)8-11(17)9-13(14)19-3/h8-10,15,17H,4-7H2,1-3H3/t10-/m0/s1. The summed E-state index contributed by atoms with van der Waals surface area (Å²) in [5, 5.41) is 13.0. The van der Waals surface area contributed by atoms with Gasteiger partial charge in [0, 0.05) is 44.4 Å². The predicted octanol–water partition coefficient (Wildman–Crippen LogP) is 1.38. The van der Waals surface area contributed by atoms with Crippen molar-refractivity contribution in [3.63, 3.8) is 0 Å². The minimum Gasteiger partial charge on any atom is -0.508 e. The van der Waals surface area contributed by atoms with Crippen LogP contribution in [0.25, 0.3) is 0 Å². The number of nitrogens with one attached hydrogen (secondary N) is 1. The van der Waals surface area contributed by atoms with Gasteiger partial charge in [0.25, 0.3) is 0 Å². The first-order valence-electron chi connectivity index (χ1n) is 6.57. The maximum absolute atomic E-state index is 9.69. The smallest absolute Gasteiger partial charge is 0.131 e. The fraction of sp³-hybridized carbons (Fsp3) is 0.571. The van der Waals surface area contributed by atoms with Gasteiger partial charge in [-0.05, 0) is 6.92 Å². The summed E-state index contributed by atoms with van der Waals surface area (Å²) in [7, 11) is 3.23. The molecular formula is C14H22N2O3. The SMILES string of the molecule is COc1cc(O)cc(OC)c1[C@H](C)N1CCNCC1. The van der Waals surface area contributed by atoms with Crippen LogP contribution < -0.4 is 14.8 Å². The predicted molar refractivity (Wildman–Crippen MR) is 74.1 cm³/mol. The molecule has 0 unspecified atom stereocenters. The number of rotatable bonds is 4. The van der Waals surface area contributed by atoms with Crippen molar-refractivity contribution in [2.24, 2.45) is 0 Å². The van der Waals surface area contributed by atoms with Gasteiger partial charge in [0.05, 0.1) is 19.8 Å². The molecular weight excluding hydrogens is 244 g/mol. The van der Waals surface area contributed by atoms with Gasteiger partial charge in [-0.2, -0.15) is 0 Å². The number of hydrogen-bond donors (Lipinski definition) is 2. The lowest BCUT2D eigenvalue weighted by Gasteiger charge is -2.34. The first-order valence-corrected chi connectivity index (χ1v) is 6.57. The molecule has 2 rings (SSSR count). The van der Waals surface area contributed by atoms with E-state index in [9.17, 15) is 5.11 Å². The van der Waals surface area contributed by atoms with Gasteiger partial charge < -0.3 is 19.9 Å². The minimum absolute atomic E-state index is 0.157. The Morgan fingerprint density at radius 1 is 1.16 bits per heavy atom. The number of piperazine rings is 1. The minimum atomic E-state index is 0.157. The lowest BCUT2D eigenvalue weighted by Crippen LogP contribution is -2.44. The van der Waals surface area contributed by atoms with Gasteiger partial charge in [-0.1, -0.05) is 0 Å². The molecule has 0 bridgehead atoms. The van der Waals surface area contributed by atoms with Crippen LogP contribution in [0.4, 0.5) is 0 Å². The number of aromatic hydroxyl groups is 1. The van der Waals surface area contributed by atoms with Gasteiger partial charge >= 0.3 is 0 Å². The topological polar surface area (TPSA) is 54.0 Å². The molecule has 1 heterocycles. The number of ether oxygens (including phenoxy) is 2. The Labute approximate surface area is 114 Å². The highest BCUT2D eigenvalue weighted by molar-refractivity contribution is 5.51. The fourth-order valence-corrected chi connectivity index (χ4v) is 2.59. The lowest BCUT2D eigenvalue weighted by molar-refractivity contribution is 0.179. The number of phenolic OH excluding ortho intramolecular Hbond substituents is 1. The third-order valence-electron chi connectivity index (χ3n) is 3.65. The molecule has 1 atom stereocenters. The number of nitrogens with zero attached hydrogens (tertiary/aromatic N) is 1. The third-order valence-corrected chi connectivity index (χ3v) is 3.65. The van der Waals surface area contributed by atoms with Gasteiger partial charge in [-0.15, -0.1) is 0 Å². The molecule has 5 heteroatoms. The van der Waals surface area contributed by atoms with Gasteiger partial charge in [0.1, 0.15) is 17.2 Å². The molecule has 0 radical (unpaired) electrons. The summed E-state index contributed by atoms with van der Waals surface area (Å²) in [5.41, 5.74) is 0.990. The number of phenols is 1. The van der Waals surface area contributed by atoms with Crippen molar-refractivity contribution in [1.82, 2.24) is 10.2 Å². The Bertz CT molecular complexity index is 406. The molecule has 1 fully saturated rings. The van der Waals surface area contributed by atoms with Crippen LogP contribution in [0.2, 0.25) is 0 Å². The summed E-state index contributed by atoms with van der Waals surface area (Å²) in [6, 6.07) is 3.46. The second-order valence-electron chi connectivity index (χ2n) is 4.73. The first kappa shape index (κ1) is 14.0. The summed E-state index contributed by atoms with van der Waals surface area (Å²) in [6.07, 6.45) is 0. The highest BCUT2D eigenvalue weighted by Crippen LogP contribution is 2.39. The van der Waals surface area contributed by atoms with E-state index in [0.29, 0.717) is 11.5 Å². The maximum Gasteiger partial charge on any atom is 0.131 e. The van der Waals surface area contributed by atoms with E-state index in [4.69, 9.17) is 9.47 Å². The summed E-state index contributed by atoms with van der Waals surface area (Å²) in [6.45, 7) is 6.12. The average molecular weight is 266 g/mol. The van der Waals surface area contributed by atoms with Crippen molar-refractivity contribution in [3.05, 3.63) is 17.7 Å². The van der Waals surface area contributed by atoms with Crippen LogP contribution >= 0.6 is 0 Å². The van der Waals surface area contributed by atoms with Crippen molar-refractivity contribution >= 4 is 0 Å². The third kappa shape index (κ3) is 2.93. The molecule has 1 aliphatic heterocycles. The first-order chi connectivity index (χ1) is 9.17. The second-order valence-corrected chi connectivity index (χ2v) is 4.73. The van der Waals surface area contributed by atoms with E-state index in [2.05, 4.69) is 17.1 Å². The van der Waals surface area contributed by atoms with E-state index in [1.165, 1.54) is 0 Å². The van der Waals surface area contributed by atoms with E-state index in [0.717, 1.165) is 31.7 Å². The van der Waals surface area contributed by atoms with E-state index < -0.39 is 0 Å². The molecule has 5 nitrogen and oxygen atoms in total. The zero-order chi connectivity index (χ0) is 13.8. The quantitative estimate of drug-likeness (QED) is 0.862. The van der Waals surface area contributed by atoms with Crippen LogP contribution in [-0.4, -0.2) is 50.4 Å². The molecule has 19 heavy (non-hydrogen) atoms. The van der Waals surface area contributed by atoms with Gasteiger partial charge in [-0.3, -0.25) is 4.90 Å². The fourth-order valence-electron chi connectivity index (χ4n) is 2.59. The van der Waals surface area contributed by atoms with Crippen LogP contribution in [0.5, 0.6) is 17.2 Å². The van der Waals surface area contributed by atoms with Crippen LogP contribution in [0.15, 0.2) is 12.1 Å². The maximum atomic E-state index is 9.69. The van der Waals surface area contributed by atoms with E-state index in [1.807, 2.05) is 0 Å². The zero-order valence-electron chi connectivity index (χ0n) is 11.8. The molecule has 1 aliphatic rings. The Morgan fingerprint density at radius 2 is 1.68 bits per heavy atom. The lowest BCUT2D eigenvalue weighted by atomic mass is 10.0. The van der Waals surface area contributed by atoms with Gasteiger partial charge in [-0.25, -0.2) is 0 Å². The van der Waals surface area contributed by atoms with Crippen LogP contribution in [-0.2, 0) is 0 Å². The van der Waals surface area contributed by atoms with E-state index >= 15 is 0 Å². The monoisotopic (exact) mass is 266 g/mol. The van der Waals surface area contributed by atoms with Crippen LogP contribution in [0, 0.1) is 0 Å². The largest absolute Gasteiger partial charge is 0.508 e. The summed E-state index contributed by atoms with van der Waals surface area (Å²) in [5.74, 6) is 1.50. The number of benzene rings is 1. The van der Waals surface area contributed by atoms with Crippen LogP contribution in [0.1, 0.15) is 18.5 Å². The van der Waals surface area contributed by atoms with Gasteiger partial charge in [0.15, 0.2) is 0 Å². The molecule has 0 aliphatic carbocycles. The molecule has 1 aromatic carbocycles. The van der Waals surface area contributed by atoms with Crippen molar-refractivity contribution in [1.29, 1.82) is 0 Å². The molecule has 0 aromatic heterocycles. The Hall–Kier alpha value is -1.46. The summed E-state index contributed by atoms with van der Waals surface area (Å²) >= 11 is 0. The Morgan fingerprint density at radius 3 is 2.16 bits per heavy atom. The van der Waals surface area contributed by atoms with Crippen molar-refractivity contribution < 1.29 is 14.6 Å². The Balaban J connectivity index is 2.35. The van der Waals surface area contributed by atoms with Gasteiger partial charge in [0.2, 0.25) is 0 Å². The van der Waals surface area contributed by atoms with E-state index in [-0.39, 0.29) is 11.8 Å².